The molecular formula is C18H15N3O5. The maximum atomic E-state index is 11.5. The van der Waals surface area contributed by atoms with Gasteiger partial charge >= 0.3 is 11.7 Å². The first kappa shape index (κ1) is 17.2. The third kappa shape index (κ3) is 3.69. The van der Waals surface area contributed by atoms with E-state index in [-0.39, 0.29) is 23.6 Å². The molecule has 0 radical (unpaired) electrons. The van der Waals surface area contributed by atoms with E-state index in [9.17, 15) is 14.9 Å². The lowest BCUT2D eigenvalue weighted by atomic mass is 10.2. The number of carbonyl (C=O) groups is 1. The fourth-order valence-corrected chi connectivity index (χ4v) is 2.35. The molecule has 3 aromatic rings. The first-order valence-corrected chi connectivity index (χ1v) is 7.67. The van der Waals surface area contributed by atoms with Crippen molar-refractivity contribution in [3.63, 3.8) is 0 Å². The fourth-order valence-electron chi connectivity index (χ4n) is 2.35. The van der Waals surface area contributed by atoms with Gasteiger partial charge in [-0.25, -0.2) is 9.48 Å². The SMILES string of the molecule is COC(=O)c1ccc(OCc2ccc(-n3cccn3)cc2)c([N+](=O)[O-])c1. The Hall–Kier alpha value is -3.68. The number of carbonyl (C=O) groups excluding carboxylic acids is 1. The van der Waals surface area contributed by atoms with Crippen LogP contribution in [0.25, 0.3) is 5.69 Å². The Morgan fingerprint density at radius 2 is 2.00 bits per heavy atom. The second-order valence-electron chi connectivity index (χ2n) is 5.34. The normalized spacial score (nSPS) is 10.3. The van der Waals surface area contributed by atoms with Crippen LogP contribution >= 0.6 is 0 Å². The Morgan fingerprint density at radius 3 is 2.62 bits per heavy atom. The van der Waals surface area contributed by atoms with Crippen molar-refractivity contribution in [2.24, 2.45) is 0 Å². The third-order valence-corrected chi connectivity index (χ3v) is 3.68. The van der Waals surface area contributed by atoms with E-state index in [4.69, 9.17) is 4.74 Å². The van der Waals surface area contributed by atoms with Crippen molar-refractivity contribution >= 4 is 11.7 Å². The number of nitro groups is 1. The number of nitrogens with zero attached hydrogens (tertiary/aromatic N) is 3. The number of ether oxygens (including phenoxy) is 2. The number of nitro benzene ring substituents is 1. The molecule has 3 rings (SSSR count). The molecule has 26 heavy (non-hydrogen) atoms. The highest BCUT2D eigenvalue weighted by molar-refractivity contribution is 5.90. The number of esters is 1. The van der Waals surface area contributed by atoms with Crippen molar-refractivity contribution < 1.29 is 19.2 Å². The van der Waals surface area contributed by atoms with Crippen LogP contribution in [-0.4, -0.2) is 27.8 Å². The van der Waals surface area contributed by atoms with Crippen LogP contribution in [0.5, 0.6) is 5.75 Å². The molecule has 0 saturated carbocycles. The summed E-state index contributed by atoms with van der Waals surface area (Å²) in [5.74, 6) is -0.562. The molecule has 0 atom stereocenters. The van der Waals surface area contributed by atoms with Gasteiger partial charge in [-0.05, 0) is 35.9 Å². The van der Waals surface area contributed by atoms with Gasteiger partial charge in [0.05, 0.1) is 23.3 Å². The number of hydrogen-bond acceptors (Lipinski definition) is 6. The Morgan fingerprint density at radius 1 is 1.23 bits per heavy atom. The molecule has 132 valence electrons. The Labute approximate surface area is 148 Å². The highest BCUT2D eigenvalue weighted by Crippen LogP contribution is 2.29. The molecule has 8 heteroatoms. The zero-order chi connectivity index (χ0) is 18.5. The van der Waals surface area contributed by atoms with Crippen LogP contribution in [0.15, 0.2) is 60.9 Å². The zero-order valence-electron chi connectivity index (χ0n) is 13.9. The van der Waals surface area contributed by atoms with Crippen molar-refractivity contribution in [2.75, 3.05) is 7.11 Å². The molecule has 0 aliphatic heterocycles. The average molecular weight is 353 g/mol. The predicted octanol–water partition coefficient (Wildman–Crippen LogP) is 3.15. The number of hydrogen-bond donors (Lipinski definition) is 0. The minimum absolute atomic E-state index is 0.0822. The van der Waals surface area contributed by atoms with Crippen LogP contribution in [0.2, 0.25) is 0 Å². The molecule has 0 aliphatic rings. The minimum atomic E-state index is -0.645. The lowest BCUT2D eigenvalue weighted by molar-refractivity contribution is -0.386. The van der Waals surface area contributed by atoms with Crippen LogP contribution in [-0.2, 0) is 11.3 Å². The zero-order valence-corrected chi connectivity index (χ0v) is 13.9. The summed E-state index contributed by atoms with van der Waals surface area (Å²) >= 11 is 0. The number of benzene rings is 2. The summed E-state index contributed by atoms with van der Waals surface area (Å²) in [6, 6.07) is 13.2. The Bertz CT molecular complexity index is 921. The van der Waals surface area contributed by atoms with E-state index in [1.807, 2.05) is 36.5 Å². The molecule has 0 amide bonds. The molecule has 0 bridgehead atoms. The van der Waals surface area contributed by atoms with Crippen molar-refractivity contribution in [1.82, 2.24) is 9.78 Å². The van der Waals surface area contributed by atoms with Gasteiger partial charge in [0.1, 0.15) is 6.61 Å². The first-order valence-electron chi connectivity index (χ1n) is 7.67. The molecular weight excluding hydrogens is 338 g/mol. The van der Waals surface area contributed by atoms with Gasteiger partial charge in [0.25, 0.3) is 0 Å². The standard InChI is InChI=1S/C18H15N3O5/c1-25-18(22)14-5-8-17(16(11-14)21(23)24)26-12-13-3-6-15(7-4-13)20-10-2-9-19-20/h2-11H,12H2,1H3. The molecule has 1 heterocycles. The van der Waals surface area contributed by atoms with Crippen molar-refractivity contribution in [1.29, 1.82) is 0 Å². The molecule has 0 spiro atoms. The van der Waals surface area contributed by atoms with Crippen LogP contribution in [0, 0.1) is 10.1 Å². The van der Waals surface area contributed by atoms with Gasteiger partial charge in [0.15, 0.2) is 5.75 Å². The lowest BCUT2D eigenvalue weighted by Gasteiger charge is -2.09. The summed E-state index contributed by atoms with van der Waals surface area (Å²) in [6.07, 6.45) is 3.52. The van der Waals surface area contributed by atoms with Crippen LogP contribution in [0.1, 0.15) is 15.9 Å². The van der Waals surface area contributed by atoms with Gasteiger partial charge in [0, 0.05) is 18.5 Å². The molecule has 8 nitrogen and oxygen atoms in total. The topological polar surface area (TPSA) is 96.5 Å². The second kappa shape index (κ2) is 7.47. The molecule has 0 saturated heterocycles. The van der Waals surface area contributed by atoms with E-state index in [2.05, 4.69) is 9.84 Å². The minimum Gasteiger partial charge on any atom is -0.482 e. The summed E-state index contributed by atoms with van der Waals surface area (Å²) in [5.41, 5.74) is 1.54. The molecule has 0 fully saturated rings. The fraction of sp³-hybridized carbons (Fsp3) is 0.111. The molecule has 2 aromatic carbocycles. The van der Waals surface area contributed by atoms with Crippen molar-refractivity contribution in [2.45, 2.75) is 6.61 Å². The highest BCUT2D eigenvalue weighted by Gasteiger charge is 2.19. The van der Waals surface area contributed by atoms with E-state index in [1.54, 1.807) is 10.9 Å². The summed E-state index contributed by atoms with van der Waals surface area (Å²) in [5, 5.41) is 15.4. The molecule has 1 aromatic heterocycles. The predicted molar refractivity (Wildman–Crippen MR) is 92.3 cm³/mol. The highest BCUT2D eigenvalue weighted by atomic mass is 16.6. The van der Waals surface area contributed by atoms with Crippen molar-refractivity contribution in [3.05, 3.63) is 82.2 Å². The van der Waals surface area contributed by atoms with Gasteiger partial charge in [-0.2, -0.15) is 5.10 Å². The van der Waals surface area contributed by atoms with Crippen LogP contribution in [0.4, 0.5) is 5.69 Å². The summed E-state index contributed by atoms with van der Waals surface area (Å²) in [7, 11) is 1.21. The quantitative estimate of drug-likeness (QED) is 0.384. The summed E-state index contributed by atoms with van der Waals surface area (Å²) < 4.78 is 11.9. The van der Waals surface area contributed by atoms with E-state index < -0.39 is 10.9 Å². The molecule has 0 unspecified atom stereocenters. The van der Waals surface area contributed by atoms with E-state index in [1.165, 1.54) is 19.2 Å². The largest absolute Gasteiger partial charge is 0.482 e. The van der Waals surface area contributed by atoms with E-state index in [0.717, 1.165) is 17.3 Å². The maximum absolute atomic E-state index is 11.5. The Kier molecular flexibility index (Phi) is 4.93. The molecule has 0 N–H and O–H groups in total. The monoisotopic (exact) mass is 353 g/mol. The number of methoxy groups -OCH3 is 1. The number of aromatic nitrogens is 2. The van der Waals surface area contributed by atoms with Gasteiger partial charge in [0.2, 0.25) is 0 Å². The van der Waals surface area contributed by atoms with Gasteiger partial charge in [-0.3, -0.25) is 10.1 Å². The smallest absolute Gasteiger partial charge is 0.338 e. The summed E-state index contributed by atoms with van der Waals surface area (Å²) in [4.78, 5) is 22.2. The first-order chi connectivity index (χ1) is 12.6. The number of rotatable bonds is 6. The van der Waals surface area contributed by atoms with Gasteiger partial charge in [-0.15, -0.1) is 0 Å². The Balaban J connectivity index is 1.74. The van der Waals surface area contributed by atoms with E-state index in [0.29, 0.717) is 0 Å². The second-order valence-corrected chi connectivity index (χ2v) is 5.34. The van der Waals surface area contributed by atoms with Crippen LogP contribution < -0.4 is 4.74 Å². The van der Waals surface area contributed by atoms with Crippen LogP contribution in [0.3, 0.4) is 0 Å². The average Bonchev–Trinajstić information content (AvgIpc) is 3.20. The maximum Gasteiger partial charge on any atom is 0.338 e. The van der Waals surface area contributed by atoms with Gasteiger partial charge in [-0.1, -0.05) is 12.1 Å². The summed E-state index contributed by atoms with van der Waals surface area (Å²) in [6.45, 7) is 0.151. The van der Waals surface area contributed by atoms with E-state index >= 15 is 0 Å². The van der Waals surface area contributed by atoms with Crippen molar-refractivity contribution in [3.8, 4) is 11.4 Å². The molecule has 0 aliphatic carbocycles. The third-order valence-electron chi connectivity index (χ3n) is 3.68. The van der Waals surface area contributed by atoms with Gasteiger partial charge < -0.3 is 9.47 Å². The lowest BCUT2D eigenvalue weighted by Crippen LogP contribution is -2.04.